The zero-order chi connectivity index (χ0) is 18.5. The van der Waals surface area contributed by atoms with Crippen LogP contribution in [0.3, 0.4) is 0 Å². The summed E-state index contributed by atoms with van der Waals surface area (Å²) in [4.78, 5) is 13.6. The van der Waals surface area contributed by atoms with Gasteiger partial charge in [0.1, 0.15) is 5.82 Å². The maximum absolute atomic E-state index is 13.3. The Hall–Kier alpha value is -2.21. The molecule has 1 amide bonds. The first-order valence-electron chi connectivity index (χ1n) is 8.14. The second kappa shape index (κ2) is 8.45. The summed E-state index contributed by atoms with van der Waals surface area (Å²) in [5.41, 5.74) is 1.59. The second-order valence-electron chi connectivity index (χ2n) is 5.88. The fourth-order valence-corrected chi connectivity index (χ4v) is 3.50. The van der Waals surface area contributed by atoms with Crippen LogP contribution in [0.5, 0.6) is 0 Å². The molecule has 0 aliphatic carbocycles. The number of carbonyl (C=O) groups excluding carboxylic acids is 1. The molecule has 0 fully saturated rings. The van der Waals surface area contributed by atoms with Crippen LogP contribution >= 0.6 is 22.9 Å². The Morgan fingerprint density at radius 2 is 1.77 bits per heavy atom. The minimum absolute atomic E-state index is 0.156. The number of anilines is 1. The van der Waals surface area contributed by atoms with E-state index in [9.17, 15) is 9.18 Å². The summed E-state index contributed by atoms with van der Waals surface area (Å²) in [6.07, 6.45) is 0. The van der Waals surface area contributed by atoms with Crippen molar-refractivity contribution in [3.8, 4) is 0 Å². The highest BCUT2D eigenvalue weighted by molar-refractivity contribution is 7.10. The second-order valence-corrected chi connectivity index (χ2v) is 7.30. The van der Waals surface area contributed by atoms with Gasteiger partial charge in [-0.05, 0) is 60.3 Å². The quantitative estimate of drug-likeness (QED) is 0.605. The molecule has 2 aromatic carbocycles. The third-order valence-corrected chi connectivity index (χ3v) is 5.14. The highest BCUT2D eigenvalue weighted by atomic mass is 35.5. The average Bonchev–Trinajstić information content (AvgIpc) is 3.16. The molecule has 3 nitrogen and oxygen atoms in total. The van der Waals surface area contributed by atoms with E-state index in [4.69, 9.17) is 11.6 Å². The lowest BCUT2D eigenvalue weighted by Gasteiger charge is -2.22. The fraction of sp³-hybridized carbons (Fsp3) is 0.150. The maximum Gasteiger partial charge on any atom is 0.241 e. The van der Waals surface area contributed by atoms with Crippen LogP contribution in [0.25, 0.3) is 0 Å². The monoisotopic (exact) mass is 388 g/mol. The first kappa shape index (κ1) is 18.6. The number of hydrogen-bond donors (Lipinski definition) is 2. The molecule has 0 saturated heterocycles. The summed E-state index contributed by atoms with van der Waals surface area (Å²) in [5.74, 6) is -0.441. The van der Waals surface area contributed by atoms with Crippen LogP contribution in [0.15, 0.2) is 66.0 Å². The molecule has 26 heavy (non-hydrogen) atoms. The van der Waals surface area contributed by atoms with E-state index in [0.717, 1.165) is 10.4 Å². The third kappa shape index (κ3) is 4.69. The van der Waals surface area contributed by atoms with Gasteiger partial charge in [0, 0.05) is 15.6 Å². The Bertz CT molecular complexity index is 851. The van der Waals surface area contributed by atoms with Gasteiger partial charge in [0.25, 0.3) is 0 Å². The van der Waals surface area contributed by atoms with E-state index in [0.29, 0.717) is 10.7 Å². The summed E-state index contributed by atoms with van der Waals surface area (Å²) in [6, 6.07) is 16.6. The van der Waals surface area contributed by atoms with E-state index in [1.807, 2.05) is 17.5 Å². The normalized spacial score (nSPS) is 13.2. The number of carbonyl (C=O) groups is 1. The third-order valence-electron chi connectivity index (χ3n) is 3.95. The SMILES string of the molecule is C[C@H](N[C@@H](c1ccc(F)cc1)c1cccs1)C(=O)Nc1ccc(Cl)cc1. The molecule has 0 spiro atoms. The Labute approximate surface area is 160 Å². The number of nitrogens with one attached hydrogen (secondary N) is 2. The van der Waals surface area contributed by atoms with Crippen LogP contribution in [-0.2, 0) is 4.79 Å². The van der Waals surface area contributed by atoms with Crippen LogP contribution in [0.1, 0.15) is 23.4 Å². The van der Waals surface area contributed by atoms with Gasteiger partial charge in [-0.25, -0.2) is 4.39 Å². The molecule has 0 bridgehead atoms. The van der Waals surface area contributed by atoms with E-state index in [-0.39, 0.29) is 17.8 Å². The van der Waals surface area contributed by atoms with Crippen molar-refractivity contribution >= 4 is 34.5 Å². The standard InChI is InChI=1S/C20H18ClFN2OS/c1-13(20(25)24-17-10-6-15(21)7-11-17)23-19(18-3-2-12-26-18)14-4-8-16(22)9-5-14/h2-13,19,23H,1H3,(H,24,25)/t13-,19-/m0/s1. The summed E-state index contributed by atoms with van der Waals surface area (Å²) < 4.78 is 13.3. The van der Waals surface area contributed by atoms with Gasteiger partial charge in [-0.2, -0.15) is 0 Å². The predicted molar refractivity (Wildman–Crippen MR) is 105 cm³/mol. The van der Waals surface area contributed by atoms with Gasteiger partial charge in [0.05, 0.1) is 12.1 Å². The number of halogens is 2. The molecule has 3 rings (SSSR count). The van der Waals surface area contributed by atoms with Crippen LogP contribution in [-0.4, -0.2) is 11.9 Å². The minimum Gasteiger partial charge on any atom is -0.325 e. The van der Waals surface area contributed by atoms with Gasteiger partial charge in [0.15, 0.2) is 0 Å². The Morgan fingerprint density at radius 1 is 1.08 bits per heavy atom. The lowest BCUT2D eigenvalue weighted by Crippen LogP contribution is -2.40. The minimum atomic E-state index is -0.456. The number of amides is 1. The van der Waals surface area contributed by atoms with Gasteiger partial charge in [-0.1, -0.05) is 29.8 Å². The molecule has 6 heteroatoms. The van der Waals surface area contributed by atoms with Gasteiger partial charge in [0.2, 0.25) is 5.91 Å². The molecule has 2 N–H and O–H groups in total. The van der Waals surface area contributed by atoms with Crippen molar-refractivity contribution in [2.24, 2.45) is 0 Å². The molecule has 3 aromatic rings. The molecule has 0 aliphatic heterocycles. The number of benzene rings is 2. The van der Waals surface area contributed by atoms with Gasteiger partial charge >= 0.3 is 0 Å². The predicted octanol–water partition coefficient (Wildman–Crippen LogP) is 5.25. The van der Waals surface area contributed by atoms with Crippen molar-refractivity contribution in [2.75, 3.05) is 5.32 Å². The zero-order valence-corrected chi connectivity index (χ0v) is 15.7. The number of thiophene rings is 1. The highest BCUT2D eigenvalue weighted by Gasteiger charge is 2.21. The molecule has 0 unspecified atom stereocenters. The molecule has 1 aromatic heterocycles. The lowest BCUT2D eigenvalue weighted by molar-refractivity contribution is -0.117. The molecule has 0 saturated carbocycles. The van der Waals surface area contributed by atoms with Crippen LogP contribution < -0.4 is 10.6 Å². The first-order valence-corrected chi connectivity index (χ1v) is 9.40. The molecule has 2 atom stereocenters. The Balaban J connectivity index is 1.74. The van der Waals surface area contributed by atoms with E-state index in [1.54, 1.807) is 54.7 Å². The van der Waals surface area contributed by atoms with Crippen LogP contribution in [0, 0.1) is 5.82 Å². The number of hydrogen-bond acceptors (Lipinski definition) is 3. The van der Waals surface area contributed by atoms with Gasteiger partial charge in [-0.15, -0.1) is 11.3 Å². The van der Waals surface area contributed by atoms with Gasteiger partial charge in [-0.3, -0.25) is 10.1 Å². The van der Waals surface area contributed by atoms with Crippen LogP contribution in [0.2, 0.25) is 5.02 Å². The average molecular weight is 389 g/mol. The topological polar surface area (TPSA) is 41.1 Å². The maximum atomic E-state index is 13.3. The van der Waals surface area contributed by atoms with E-state index in [1.165, 1.54) is 12.1 Å². The van der Waals surface area contributed by atoms with Gasteiger partial charge < -0.3 is 5.32 Å². The van der Waals surface area contributed by atoms with E-state index < -0.39 is 6.04 Å². The lowest BCUT2D eigenvalue weighted by atomic mass is 10.0. The van der Waals surface area contributed by atoms with Crippen molar-refractivity contribution in [3.63, 3.8) is 0 Å². The largest absolute Gasteiger partial charge is 0.325 e. The molecule has 134 valence electrons. The summed E-state index contributed by atoms with van der Waals surface area (Å²) >= 11 is 7.45. The molecule has 0 aliphatic rings. The molecular weight excluding hydrogens is 371 g/mol. The summed E-state index contributed by atoms with van der Waals surface area (Å²) in [5, 5.41) is 8.79. The van der Waals surface area contributed by atoms with Crippen molar-refractivity contribution < 1.29 is 9.18 Å². The molecular formula is C20H18ClFN2OS. The van der Waals surface area contributed by atoms with E-state index >= 15 is 0 Å². The fourth-order valence-electron chi connectivity index (χ4n) is 2.56. The smallest absolute Gasteiger partial charge is 0.241 e. The highest BCUT2D eigenvalue weighted by Crippen LogP contribution is 2.27. The molecule has 1 heterocycles. The first-order chi connectivity index (χ1) is 12.5. The van der Waals surface area contributed by atoms with Crippen molar-refractivity contribution in [1.82, 2.24) is 5.32 Å². The summed E-state index contributed by atoms with van der Waals surface area (Å²) in [7, 11) is 0. The van der Waals surface area contributed by atoms with Crippen molar-refractivity contribution in [1.29, 1.82) is 0 Å². The van der Waals surface area contributed by atoms with E-state index in [2.05, 4.69) is 10.6 Å². The zero-order valence-electron chi connectivity index (χ0n) is 14.1. The van der Waals surface area contributed by atoms with Crippen molar-refractivity contribution in [3.05, 3.63) is 87.3 Å². The number of rotatable bonds is 6. The van der Waals surface area contributed by atoms with Crippen LogP contribution in [0.4, 0.5) is 10.1 Å². The summed E-state index contributed by atoms with van der Waals surface area (Å²) in [6.45, 7) is 1.80. The van der Waals surface area contributed by atoms with Crippen molar-refractivity contribution in [2.45, 2.75) is 19.0 Å². The Morgan fingerprint density at radius 3 is 2.38 bits per heavy atom. The Kier molecular flexibility index (Phi) is 6.04. The molecule has 0 radical (unpaired) electrons.